The van der Waals surface area contributed by atoms with Crippen molar-refractivity contribution in [2.24, 2.45) is 0 Å². The largest absolute Gasteiger partial charge is 0.399 e. The summed E-state index contributed by atoms with van der Waals surface area (Å²) < 4.78 is 25.0. The molecule has 0 saturated heterocycles. The van der Waals surface area contributed by atoms with Crippen LogP contribution in [-0.2, 0) is 9.84 Å². The third-order valence-corrected chi connectivity index (χ3v) is 6.08. The summed E-state index contributed by atoms with van der Waals surface area (Å²) in [5, 5.41) is 0. The van der Waals surface area contributed by atoms with Gasteiger partial charge in [-0.15, -0.1) is 0 Å². The second-order valence-corrected chi connectivity index (χ2v) is 8.06. The third-order valence-electron chi connectivity index (χ3n) is 3.31. The van der Waals surface area contributed by atoms with Crippen molar-refractivity contribution in [2.45, 2.75) is 56.8 Å². The monoisotopic (exact) mass is 361 g/mol. The molecule has 2 N–H and O–H groups in total. The number of halogens is 1. The molecule has 1 aromatic rings. The van der Waals surface area contributed by atoms with Crippen molar-refractivity contribution in [3.05, 3.63) is 22.7 Å². The van der Waals surface area contributed by atoms with Gasteiger partial charge in [0.05, 0.1) is 10.6 Å². The van der Waals surface area contributed by atoms with Gasteiger partial charge in [0, 0.05) is 10.2 Å². The molecule has 0 unspecified atom stereocenters. The zero-order chi connectivity index (χ0) is 15.0. The quantitative estimate of drug-likeness (QED) is 0.518. The molecule has 0 aliphatic rings. The molecule has 0 aromatic heterocycles. The van der Waals surface area contributed by atoms with E-state index in [1.807, 2.05) is 0 Å². The molecular weight excluding hydrogens is 338 g/mol. The molecule has 5 heteroatoms. The van der Waals surface area contributed by atoms with E-state index in [9.17, 15) is 8.42 Å². The van der Waals surface area contributed by atoms with E-state index in [4.69, 9.17) is 5.73 Å². The average molecular weight is 362 g/mol. The average Bonchev–Trinajstić information content (AvgIpc) is 2.37. The van der Waals surface area contributed by atoms with Gasteiger partial charge in [0.1, 0.15) is 0 Å². The van der Waals surface area contributed by atoms with Gasteiger partial charge in [0.25, 0.3) is 0 Å². The van der Waals surface area contributed by atoms with Crippen LogP contribution in [-0.4, -0.2) is 14.2 Å². The summed E-state index contributed by atoms with van der Waals surface area (Å²) in [4.78, 5) is 0.345. The fourth-order valence-corrected chi connectivity index (χ4v) is 4.70. The molecule has 0 aliphatic carbocycles. The van der Waals surface area contributed by atoms with Crippen molar-refractivity contribution in [3.8, 4) is 0 Å². The Labute approximate surface area is 131 Å². The lowest BCUT2D eigenvalue weighted by Crippen LogP contribution is -2.08. The molecule has 0 amide bonds. The molecule has 20 heavy (non-hydrogen) atoms. The highest BCUT2D eigenvalue weighted by molar-refractivity contribution is 9.10. The maximum Gasteiger partial charge on any atom is 0.179 e. The van der Waals surface area contributed by atoms with E-state index in [0.717, 1.165) is 19.3 Å². The molecule has 0 atom stereocenters. The van der Waals surface area contributed by atoms with Crippen molar-refractivity contribution in [1.29, 1.82) is 0 Å². The van der Waals surface area contributed by atoms with Crippen molar-refractivity contribution in [1.82, 2.24) is 0 Å². The number of benzene rings is 1. The molecule has 0 saturated carbocycles. The van der Waals surface area contributed by atoms with E-state index in [0.29, 0.717) is 15.1 Å². The smallest absolute Gasteiger partial charge is 0.179 e. The number of hydrogen-bond donors (Lipinski definition) is 1. The van der Waals surface area contributed by atoms with Crippen LogP contribution in [0.5, 0.6) is 0 Å². The number of nitrogen functional groups attached to an aromatic ring is 1. The summed E-state index contributed by atoms with van der Waals surface area (Å²) in [6, 6.07) is 4.84. The van der Waals surface area contributed by atoms with Crippen LogP contribution in [0.3, 0.4) is 0 Å². The Morgan fingerprint density at radius 1 is 1.05 bits per heavy atom. The van der Waals surface area contributed by atoms with Gasteiger partial charge in [-0.25, -0.2) is 8.42 Å². The molecular formula is C15H24BrNO2S. The Morgan fingerprint density at radius 3 is 2.25 bits per heavy atom. The number of nitrogens with two attached hydrogens (primary N) is 1. The zero-order valence-electron chi connectivity index (χ0n) is 12.1. The minimum Gasteiger partial charge on any atom is -0.399 e. The molecule has 0 heterocycles. The number of sulfone groups is 1. The van der Waals surface area contributed by atoms with Crippen LogP contribution in [0.15, 0.2) is 27.6 Å². The predicted octanol–water partition coefficient (Wildman–Crippen LogP) is 4.56. The van der Waals surface area contributed by atoms with E-state index in [2.05, 4.69) is 22.9 Å². The topological polar surface area (TPSA) is 60.2 Å². The van der Waals surface area contributed by atoms with Crippen LogP contribution < -0.4 is 5.73 Å². The summed E-state index contributed by atoms with van der Waals surface area (Å²) in [6.45, 7) is 2.19. The van der Waals surface area contributed by atoms with Crippen molar-refractivity contribution >= 4 is 31.5 Å². The highest BCUT2D eigenvalue weighted by Gasteiger charge is 2.17. The van der Waals surface area contributed by atoms with Crippen LogP contribution in [0.4, 0.5) is 5.69 Å². The molecule has 0 bridgehead atoms. The molecule has 3 nitrogen and oxygen atoms in total. The molecule has 1 aromatic carbocycles. The van der Waals surface area contributed by atoms with Gasteiger partial charge in [-0.2, -0.15) is 0 Å². The standard InChI is InChI=1S/C15H24BrNO2S/c1-2-3-4-5-6-7-8-11-20(18,19)15-10-9-13(17)12-14(15)16/h9-10,12H,2-8,11,17H2,1H3. The third kappa shape index (κ3) is 5.83. The molecule has 0 fully saturated rings. The minimum atomic E-state index is -3.21. The van der Waals surface area contributed by atoms with Gasteiger partial charge in [-0.1, -0.05) is 45.4 Å². The summed E-state index contributed by atoms with van der Waals surface area (Å²) in [5.74, 6) is 0.212. The maximum atomic E-state index is 12.2. The first kappa shape index (κ1) is 17.5. The van der Waals surface area contributed by atoms with E-state index in [1.165, 1.54) is 25.7 Å². The summed E-state index contributed by atoms with van der Waals surface area (Å²) in [6.07, 6.45) is 7.81. The Bertz CT molecular complexity index is 515. The first-order valence-electron chi connectivity index (χ1n) is 7.25. The van der Waals surface area contributed by atoms with Gasteiger partial charge in [0.15, 0.2) is 9.84 Å². The van der Waals surface area contributed by atoms with Gasteiger partial charge in [0.2, 0.25) is 0 Å². The van der Waals surface area contributed by atoms with Crippen LogP contribution in [0.1, 0.15) is 51.9 Å². The van der Waals surface area contributed by atoms with Crippen LogP contribution >= 0.6 is 15.9 Å². The van der Waals surface area contributed by atoms with E-state index in [-0.39, 0.29) is 5.75 Å². The first-order valence-corrected chi connectivity index (χ1v) is 9.69. The number of unbranched alkanes of at least 4 members (excludes halogenated alkanes) is 6. The molecule has 1 rings (SSSR count). The summed E-state index contributed by atoms with van der Waals surface area (Å²) in [7, 11) is -3.21. The lowest BCUT2D eigenvalue weighted by atomic mass is 10.1. The Morgan fingerprint density at radius 2 is 1.65 bits per heavy atom. The van der Waals surface area contributed by atoms with Gasteiger partial charge < -0.3 is 5.73 Å². The van der Waals surface area contributed by atoms with Crippen LogP contribution in [0.2, 0.25) is 0 Å². The second kappa shape index (κ2) is 8.67. The van der Waals surface area contributed by atoms with E-state index < -0.39 is 9.84 Å². The Kier molecular flexibility index (Phi) is 7.59. The highest BCUT2D eigenvalue weighted by Crippen LogP contribution is 2.26. The molecule has 0 radical (unpaired) electrons. The fourth-order valence-electron chi connectivity index (χ4n) is 2.13. The fraction of sp³-hybridized carbons (Fsp3) is 0.600. The second-order valence-electron chi connectivity index (χ2n) is 5.13. The number of anilines is 1. The Balaban J connectivity index is 2.42. The molecule has 0 aliphatic heterocycles. The van der Waals surface area contributed by atoms with Crippen molar-refractivity contribution < 1.29 is 8.42 Å². The predicted molar refractivity (Wildman–Crippen MR) is 88.6 cm³/mol. The minimum absolute atomic E-state index is 0.212. The molecule has 0 spiro atoms. The van der Waals surface area contributed by atoms with Crippen LogP contribution in [0.25, 0.3) is 0 Å². The van der Waals surface area contributed by atoms with Gasteiger partial charge in [-0.05, 0) is 40.5 Å². The summed E-state index contributed by atoms with van der Waals surface area (Å²) >= 11 is 3.27. The number of rotatable bonds is 9. The highest BCUT2D eigenvalue weighted by atomic mass is 79.9. The SMILES string of the molecule is CCCCCCCCCS(=O)(=O)c1ccc(N)cc1Br. The normalized spacial score (nSPS) is 11.7. The van der Waals surface area contributed by atoms with Crippen LogP contribution in [0, 0.1) is 0 Å². The first-order chi connectivity index (χ1) is 9.47. The Hall–Kier alpha value is -0.550. The van der Waals surface area contributed by atoms with E-state index in [1.54, 1.807) is 18.2 Å². The van der Waals surface area contributed by atoms with Crippen molar-refractivity contribution in [2.75, 3.05) is 11.5 Å². The summed E-state index contributed by atoms with van der Waals surface area (Å²) in [5.41, 5.74) is 6.19. The lowest BCUT2D eigenvalue weighted by molar-refractivity contribution is 0.579. The van der Waals surface area contributed by atoms with Gasteiger partial charge in [-0.3, -0.25) is 0 Å². The molecule has 114 valence electrons. The van der Waals surface area contributed by atoms with E-state index >= 15 is 0 Å². The maximum absolute atomic E-state index is 12.2. The number of hydrogen-bond acceptors (Lipinski definition) is 3. The van der Waals surface area contributed by atoms with Gasteiger partial charge >= 0.3 is 0 Å². The lowest BCUT2D eigenvalue weighted by Gasteiger charge is -2.07. The van der Waals surface area contributed by atoms with Crippen molar-refractivity contribution in [3.63, 3.8) is 0 Å². The zero-order valence-corrected chi connectivity index (χ0v) is 14.5.